The van der Waals surface area contributed by atoms with Gasteiger partial charge in [0.15, 0.2) is 0 Å². The number of halogens is 3. The number of benzene rings is 1. The zero-order valence-electron chi connectivity index (χ0n) is 10.9. The molecular formula is C13H17F3N2O. The number of hydrogen-bond acceptors (Lipinski definition) is 2. The van der Waals surface area contributed by atoms with Crippen molar-refractivity contribution >= 4 is 11.6 Å². The van der Waals surface area contributed by atoms with E-state index in [4.69, 9.17) is 0 Å². The first kappa shape index (κ1) is 15.3. The maximum Gasteiger partial charge on any atom is 0.406 e. The molecule has 0 aliphatic carbocycles. The predicted molar refractivity (Wildman–Crippen MR) is 68.2 cm³/mol. The van der Waals surface area contributed by atoms with E-state index in [1.54, 1.807) is 12.1 Å². The summed E-state index contributed by atoms with van der Waals surface area (Å²) < 4.78 is 37.0. The summed E-state index contributed by atoms with van der Waals surface area (Å²) in [6.45, 7) is 2.99. The lowest BCUT2D eigenvalue weighted by atomic mass is 10.1. The van der Waals surface area contributed by atoms with Crippen LogP contribution in [0.5, 0.6) is 0 Å². The third kappa shape index (κ3) is 4.81. The van der Waals surface area contributed by atoms with Crippen molar-refractivity contribution < 1.29 is 18.0 Å². The summed E-state index contributed by atoms with van der Waals surface area (Å²) in [7, 11) is 0. The van der Waals surface area contributed by atoms with Gasteiger partial charge >= 0.3 is 6.18 Å². The van der Waals surface area contributed by atoms with Gasteiger partial charge in [-0.25, -0.2) is 0 Å². The van der Waals surface area contributed by atoms with Crippen LogP contribution in [0.3, 0.4) is 0 Å². The van der Waals surface area contributed by atoms with E-state index in [0.29, 0.717) is 0 Å². The molecule has 1 rings (SSSR count). The van der Waals surface area contributed by atoms with Crippen LogP contribution in [0, 0.1) is 0 Å². The summed E-state index contributed by atoms with van der Waals surface area (Å²) in [6, 6.07) is 6.41. The maximum atomic E-state index is 12.3. The molecule has 0 spiro atoms. The van der Waals surface area contributed by atoms with Gasteiger partial charge in [0, 0.05) is 24.3 Å². The van der Waals surface area contributed by atoms with Crippen molar-refractivity contribution in [1.29, 1.82) is 0 Å². The minimum atomic E-state index is -4.38. The molecule has 0 aliphatic rings. The van der Waals surface area contributed by atoms with E-state index in [-0.39, 0.29) is 12.1 Å². The summed E-state index contributed by atoms with van der Waals surface area (Å²) in [5.41, 5.74) is 1.09. The second kappa shape index (κ2) is 6.45. The minimum absolute atomic E-state index is 0.0211. The van der Waals surface area contributed by atoms with Crippen LogP contribution >= 0.6 is 0 Å². The molecule has 0 aliphatic heterocycles. The van der Waals surface area contributed by atoms with E-state index < -0.39 is 18.6 Å². The van der Waals surface area contributed by atoms with E-state index in [0.717, 1.165) is 17.1 Å². The molecule has 6 heteroatoms. The molecule has 0 fully saturated rings. The molecule has 3 nitrogen and oxygen atoms in total. The Labute approximate surface area is 110 Å². The third-order valence-corrected chi connectivity index (χ3v) is 2.55. The van der Waals surface area contributed by atoms with E-state index in [1.807, 2.05) is 6.92 Å². The highest BCUT2D eigenvalue weighted by molar-refractivity contribution is 5.94. The maximum absolute atomic E-state index is 12.3. The highest BCUT2D eigenvalue weighted by Gasteiger charge is 2.32. The van der Waals surface area contributed by atoms with Gasteiger partial charge in [0.2, 0.25) is 0 Å². The Morgan fingerprint density at radius 2 is 1.79 bits per heavy atom. The molecule has 0 heterocycles. The number of rotatable bonds is 5. The number of carbonyl (C=O) groups excluding carboxylic acids is 1. The van der Waals surface area contributed by atoms with Gasteiger partial charge in [0.1, 0.15) is 6.54 Å². The average molecular weight is 274 g/mol. The van der Waals surface area contributed by atoms with Crippen molar-refractivity contribution in [3.8, 4) is 0 Å². The molecule has 0 saturated carbocycles. The van der Waals surface area contributed by atoms with Crippen LogP contribution in [0.2, 0.25) is 0 Å². The molecule has 19 heavy (non-hydrogen) atoms. The number of hydrogen-bond donors (Lipinski definition) is 1. The molecule has 1 aromatic carbocycles. The van der Waals surface area contributed by atoms with Gasteiger partial charge in [-0.2, -0.15) is 13.2 Å². The first-order chi connectivity index (χ1) is 8.87. The van der Waals surface area contributed by atoms with Gasteiger partial charge in [-0.3, -0.25) is 4.79 Å². The fraction of sp³-hybridized carbons (Fsp3) is 0.462. The molecule has 0 aromatic heterocycles. The fourth-order valence-electron chi connectivity index (χ4n) is 1.66. The lowest BCUT2D eigenvalue weighted by molar-refractivity contribution is -0.140. The fourth-order valence-corrected chi connectivity index (χ4v) is 1.66. The van der Waals surface area contributed by atoms with E-state index in [1.165, 1.54) is 19.1 Å². The molecule has 0 unspecified atom stereocenters. The summed E-state index contributed by atoms with van der Waals surface area (Å²) in [4.78, 5) is 12.7. The summed E-state index contributed by atoms with van der Waals surface area (Å²) in [6.07, 6.45) is -4.38. The Hall–Kier alpha value is -1.72. The second-order valence-electron chi connectivity index (χ2n) is 4.04. The smallest absolute Gasteiger partial charge is 0.385 e. The van der Waals surface area contributed by atoms with Crippen molar-refractivity contribution in [3.05, 3.63) is 29.8 Å². The highest BCUT2D eigenvalue weighted by atomic mass is 19.4. The number of carbonyl (C=O) groups is 1. The highest BCUT2D eigenvalue weighted by Crippen LogP contribution is 2.18. The van der Waals surface area contributed by atoms with Crippen LogP contribution in [0.4, 0.5) is 18.9 Å². The van der Waals surface area contributed by atoms with Crippen LogP contribution in [0.25, 0.3) is 0 Å². The standard InChI is InChI=1S/C13H17F3N2O/c1-3-17-11-7-5-10(6-8-11)12(19)18(4-2)9-13(14,15)16/h5-8,17H,3-4,9H2,1-2H3. The Kier molecular flexibility index (Phi) is 5.20. The van der Waals surface area contributed by atoms with Gasteiger partial charge in [-0.1, -0.05) is 0 Å². The molecule has 0 saturated heterocycles. The van der Waals surface area contributed by atoms with E-state index >= 15 is 0 Å². The number of alkyl halides is 3. The van der Waals surface area contributed by atoms with Crippen molar-refractivity contribution in [2.45, 2.75) is 20.0 Å². The SMILES string of the molecule is CCNc1ccc(C(=O)N(CC)CC(F)(F)F)cc1. The number of nitrogens with zero attached hydrogens (tertiary/aromatic N) is 1. The van der Waals surface area contributed by atoms with Crippen molar-refractivity contribution in [2.24, 2.45) is 0 Å². The first-order valence-corrected chi connectivity index (χ1v) is 6.07. The Balaban J connectivity index is 2.79. The normalized spacial score (nSPS) is 11.2. The quantitative estimate of drug-likeness (QED) is 0.894. The van der Waals surface area contributed by atoms with Crippen LogP contribution < -0.4 is 5.32 Å². The largest absolute Gasteiger partial charge is 0.406 e. The van der Waals surface area contributed by atoms with Crippen molar-refractivity contribution in [3.63, 3.8) is 0 Å². The Bertz CT molecular complexity index is 415. The minimum Gasteiger partial charge on any atom is -0.385 e. The van der Waals surface area contributed by atoms with E-state index in [2.05, 4.69) is 5.32 Å². The molecule has 0 atom stereocenters. The number of anilines is 1. The number of amides is 1. The van der Waals surface area contributed by atoms with Gasteiger partial charge in [-0.05, 0) is 38.1 Å². The Morgan fingerprint density at radius 3 is 2.21 bits per heavy atom. The van der Waals surface area contributed by atoms with Gasteiger partial charge in [0.05, 0.1) is 0 Å². The lowest BCUT2D eigenvalue weighted by Crippen LogP contribution is -2.38. The summed E-state index contributed by atoms with van der Waals surface area (Å²) in [5.74, 6) is -0.608. The first-order valence-electron chi connectivity index (χ1n) is 6.07. The monoisotopic (exact) mass is 274 g/mol. The molecule has 0 bridgehead atoms. The van der Waals surface area contributed by atoms with Crippen molar-refractivity contribution in [1.82, 2.24) is 4.90 Å². The third-order valence-electron chi connectivity index (χ3n) is 2.55. The van der Waals surface area contributed by atoms with Crippen molar-refractivity contribution in [2.75, 3.05) is 25.0 Å². The Morgan fingerprint density at radius 1 is 1.21 bits per heavy atom. The molecule has 1 aromatic rings. The van der Waals surface area contributed by atoms with Gasteiger partial charge < -0.3 is 10.2 Å². The molecule has 0 radical (unpaired) electrons. The summed E-state index contributed by atoms with van der Waals surface area (Å²) in [5, 5.41) is 3.05. The summed E-state index contributed by atoms with van der Waals surface area (Å²) >= 11 is 0. The molecule has 1 amide bonds. The van der Waals surface area contributed by atoms with Crippen LogP contribution in [0.15, 0.2) is 24.3 Å². The zero-order chi connectivity index (χ0) is 14.5. The van der Waals surface area contributed by atoms with Crippen LogP contribution in [-0.4, -0.2) is 36.6 Å². The molecular weight excluding hydrogens is 257 g/mol. The average Bonchev–Trinajstić information content (AvgIpc) is 2.35. The predicted octanol–water partition coefficient (Wildman–Crippen LogP) is 3.14. The van der Waals surface area contributed by atoms with Crippen LogP contribution in [0.1, 0.15) is 24.2 Å². The molecule has 106 valence electrons. The van der Waals surface area contributed by atoms with E-state index in [9.17, 15) is 18.0 Å². The second-order valence-corrected chi connectivity index (χ2v) is 4.04. The van der Waals surface area contributed by atoms with Gasteiger partial charge in [0.25, 0.3) is 5.91 Å². The molecule has 1 N–H and O–H groups in total. The van der Waals surface area contributed by atoms with Gasteiger partial charge in [-0.15, -0.1) is 0 Å². The number of nitrogens with one attached hydrogen (secondary N) is 1. The zero-order valence-corrected chi connectivity index (χ0v) is 10.9. The lowest BCUT2D eigenvalue weighted by Gasteiger charge is -2.22. The van der Waals surface area contributed by atoms with Crippen LogP contribution in [-0.2, 0) is 0 Å². The topological polar surface area (TPSA) is 32.3 Å².